The first kappa shape index (κ1) is 12.5. The lowest BCUT2D eigenvalue weighted by molar-refractivity contribution is 0.0697. The molecule has 100 valence electrons. The molecule has 0 spiro atoms. The number of carboxylic acids is 1. The summed E-state index contributed by atoms with van der Waals surface area (Å²) >= 11 is 1.44. The van der Waals surface area contributed by atoms with E-state index in [4.69, 9.17) is 9.52 Å². The Morgan fingerprint density at radius 2 is 2.00 bits per heavy atom. The molecule has 7 heteroatoms. The van der Waals surface area contributed by atoms with Gasteiger partial charge in [-0.25, -0.2) is 9.78 Å². The molecule has 1 aromatic carbocycles. The minimum absolute atomic E-state index is 0.128. The van der Waals surface area contributed by atoms with Crippen LogP contribution >= 0.6 is 11.3 Å². The third-order valence-electron chi connectivity index (χ3n) is 2.64. The molecular weight excluding hydrogens is 278 g/mol. The maximum Gasteiger partial charge on any atom is 0.336 e. The molecule has 2 aromatic heterocycles. The van der Waals surface area contributed by atoms with E-state index in [1.54, 1.807) is 24.4 Å². The molecule has 0 atom stereocenters. The molecule has 0 saturated carbocycles. The number of benzene rings is 1. The van der Waals surface area contributed by atoms with Gasteiger partial charge in [0.05, 0.1) is 22.3 Å². The summed E-state index contributed by atoms with van der Waals surface area (Å²) in [5, 5.41) is 17.9. The van der Waals surface area contributed by atoms with Gasteiger partial charge in [-0.1, -0.05) is 12.1 Å². The molecule has 0 fully saturated rings. The number of aryl methyl sites for hydroxylation is 1. The molecule has 6 nitrogen and oxygen atoms in total. The van der Waals surface area contributed by atoms with Crippen molar-refractivity contribution in [3.63, 3.8) is 0 Å². The smallest absolute Gasteiger partial charge is 0.336 e. The van der Waals surface area contributed by atoms with Crippen LogP contribution in [0.25, 0.3) is 22.2 Å². The quantitative estimate of drug-likeness (QED) is 0.796. The average molecular weight is 287 g/mol. The van der Waals surface area contributed by atoms with E-state index in [2.05, 4.69) is 15.2 Å². The van der Waals surface area contributed by atoms with Crippen molar-refractivity contribution in [1.29, 1.82) is 0 Å². The van der Waals surface area contributed by atoms with Crippen molar-refractivity contribution in [3.8, 4) is 22.2 Å². The normalized spacial score (nSPS) is 10.7. The van der Waals surface area contributed by atoms with Crippen molar-refractivity contribution in [2.24, 2.45) is 0 Å². The minimum atomic E-state index is -1.03. The van der Waals surface area contributed by atoms with Gasteiger partial charge < -0.3 is 9.52 Å². The van der Waals surface area contributed by atoms with Gasteiger partial charge in [-0.3, -0.25) is 0 Å². The predicted molar refractivity (Wildman–Crippen MR) is 72.5 cm³/mol. The van der Waals surface area contributed by atoms with E-state index in [9.17, 15) is 4.79 Å². The van der Waals surface area contributed by atoms with Crippen LogP contribution in [0.5, 0.6) is 0 Å². The Morgan fingerprint density at radius 1 is 1.25 bits per heavy atom. The highest BCUT2D eigenvalue weighted by Gasteiger charge is 2.17. The van der Waals surface area contributed by atoms with E-state index in [-0.39, 0.29) is 11.5 Å². The van der Waals surface area contributed by atoms with E-state index in [0.717, 1.165) is 9.88 Å². The van der Waals surface area contributed by atoms with Gasteiger partial charge in [-0.05, 0) is 19.1 Å². The maximum atomic E-state index is 11.2. The van der Waals surface area contributed by atoms with Crippen molar-refractivity contribution < 1.29 is 14.3 Å². The molecular formula is C13H9N3O3S. The SMILES string of the molecule is Cc1ncc(-c2nnc(-c3ccccc3C(=O)O)o2)s1. The summed E-state index contributed by atoms with van der Waals surface area (Å²) in [5.74, 6) is -0.510. The molecule has 0 bridgehead atoms. The molecule has 0 radical (unpaired) electrons. The molecule has 0 saturated heterocycles. The van der Waals surface area contributed by atoms with E-state index in [1.807, 2.05) is 6.92 Å². The summed E-state index contributed by atoms with van der Waals surface area (Å²) in [5.41, 5.74) is 0.531. The van der Waals surface area contributed by atoms with Crippen LogP contribution in [0.15, 0.2) is 34.9 Å². The third-order valence-corrected chi connectivity index (χ3v) is 3.55. The van der Waals surface area contributed by atoms with Crippen LogP contribution in [-0.2, 0) is 0 Å². The number of aromatic carboxylic acids is 1. The number of nitrogens with zero attached hydrogens (tertiary/aromatic N) is 3. The molecule has 3 aromatic rings. The summed E-state index contributed by atoms with van der Waals surface area (Å²) in [7, 11) is 0. The van der Waals surface area contributed by atoms with Gasteiger partial charge in [0.1, 0.15) is 4.88 Å². The Morgan fingerprint density at radius 3 is 2.70 bits per heavy atom. The zero-order valence-corrected chi connectivity index (χ0v) is 11.2. The number of thiazole rings is 1. The monoisotopic (exact) mass is 287 g/mol. The fourth-order valence-electron chi connectivity index (χ4n) is 1.75. The largest absolute Gasteiger partial charge is 0.478 e. The Kier molecular flexibility index (Phi) is 3.03. The van der Waals surface area contributed by atoms with Crippen LogP contribution in [0.1, 0.15) is 15.4 Å². The van der Waals surface area contributed by atoms with Gasteiger partial charge in [0.15, 0.2) is 0 Å². The van der Waals surface area contributed by atoms with Crippen molar-refractivity contribution in [1.82, 2.24) is 15.2 Å². The molecule has 20 heavy (non-hydrogen) atoms. The first-order chi connectivity index (χ1) is 9.65. The molecule has 0 aliphatic rings. The van der Waals surface area contributed by atoms with Gasteiger partial charge in [0.25, 0.3) is 5.89 Å². The second-order valence-corrected chi connectivity index (χ2v) is 5.24. The number of carbonyl (C=O) groups is 1. The zero-order chi connectivity index (χ0) is 14.1. The van der Waals surface area contributed by atoms with Crippen LogP contribution in [0.2, 0.25) is 0 Å². The fraction of sp³-hybridized carbons (Fsp3) is 0.0769. The molecule has 3 rings (SSSR count). The van der Waals surface area contributed by atoms with E-state index >= 15 is 0 Å². The predicted octanol–water partition coefficient (Wildman–Crippen LogP) is 2.87. The van der Waals surface area contributed by atoms with Crippen molar-refractivity contribution in [2.45, 2.75) is 6.92 Å². The lowest BCUT2D eigenvalue weighted by atomic mass is 10.1. The number of aromatic nitrogens is 3. The summed E-state index contributed by atoms with van der Waals surface area (Å²) in [6, 6.07) is 6.51. The Balaban J connectivity index is 2.05. The van der Waals surface area contributed by atoms with Crippen LogP contribution in [0, 0.1) is 6.92 Å². The van der Waals surface area contributed by atoms with Crippen LogP contribution in [0.3, 0.4) is 0 Å². The minimum Gasteiger partial charge on any atom is -0.478 e. The first-order valence-corrected chi connectivity index (χ1v) is 6.56. The highest BCUT2D eigenvalue weighted by atomic mass is 32.1. The topological polar surface area (TPSA) is 89.1 Å². The number of carboxylic acid groups (broad SMARTS) is 1. The van der Waals surface area contributed by atoms with E-state index in [0.29, 0.717) is 11.5 Å². The first-order valence-electron chi connectivity index (χ1n) is 5.74. The molecule has 0 amide bonds. The van der Waals surface area contributed by atoms with E-state index < -0.39 is 5.97 Å². The van der Waals surface area contributed by atoms with Gasteiger partial charge >= 0.3 is 5.97 Å². The third kappa shape index (κ3) is 2.19. The summed E-state index contributed by atoms with van der Waals surface area (Å²) in [4.78, 5) is 16.1. The number of hydrogen-bond donors (Lipinski definition) is 1. The Labute approximate surface area is 117 Å². The van der Waals surface area contributed by atoms with Gasteiger partial charge in [-0.2, -0.15) is 0 Å². The fourth-order valence-corrected chi connectivity index (χ4v) is 2.45. The number of rotatable bonds is 3. The molecule has 0 aliphatic heterocycles. The Bertz CT molecular complexity index is 779. The van der Waals surface area contributed by atoms with E-state index in [1.165, 1.54) is 17.4 Å². The average Bonchev–Trinajstić information content (AvgIpc) is 3.07. The second kappa shape index (κ2) is 4.86. The lowest BCUT2D eigenvalue weighted by Crippen LogP contribution is -1.98. The number of hydrogen-bond acceptors (Lipinski definition) is 6. The van der Waals surface area contributed by atoms with Gasteiger partial charge in [0.2, 0.25) is 5.89 Å². The highest BCUT2D eigenvalue weighted by molar-refractivity contribution is 7.14. The van der Waals surface area contributed by atoms with Crippen LogP contribution < -0.4 is 0 Å². The molecule has 1 N–H and O–H groups in total. The van der Waals surface area contributed by atoms with Crippen molar-refractivity contribution >= 4 is 17.3 Å². The molecule has 0 unspecified atom stereocenters. The molecule has 2 heterocycles. The lowest BCUT2D eigenvalue weighted by Gasteiger charge is -1.99. The second-order valence-electron chi connectivity index (χ2n) is 4.01. The van der Waals surface area contributed by atoms with Crippen molar-refractivity contribution in [2.75, 3.05) is 0 Å². The Hall–Kier alpha value is -2.54. The van der Waals surface area contributed by atoms with Crippen molar-refractivity contribution in [3.05, 3.63) is 41.0 Å². The van der Waals surface area contributed by atoms with Gasteiger partial charge in [0, 0.05) is 0 Å². The van der Waals surface area contributed by atoms with Gasteiger partial charge in [-0.15, -0.1) is 21.5 Å². The highest BCUT2D eigenvalue weighted by Crippen LogP contribution is 2.29. The van der Waals surface area contributed by atoms with Crippen LogP contribution in [0.4, 0.5) is 0 Å². The van der Waals surface area contributed by atoms with Crippen LogP contribution in [-0.4, -0.2) is 26.3 Å². The summed E-state index contributed by atoms with van der Waals surface area (Å²) < 4.78 is 5.54. The standard InChI is InChI=1S/C13H9N3O3S/c1-7-14-6-10(20-7)12-16-15-11(19-12)8-4-2-3-5-9(8)13(17)18/h2-6H,1H3,(H,17,18). The zero-order valence-electron chi connectivity index (χ0n) is 10.4. The summed E-state index contributed by atoms with van der Waals surface area (Å²) in [6.07, 6.45) is 1.65. The summed E-state index contributed by atoms with van der Waals surface area (Å²) in [6.45, 7) is 1.88. The maximum absolute atomic E-state index is 11.2. The molecule has 0 aliphatic carbocycles.